The quantitative estimate of drug-likeness (QED) is 0.803. The van der Waals surface area contributed by atoms with Crippen LogP contribution in [0, 0.1) is 0 Å². The Balaban J connectivity index is 1.69. The van der Waals surface area contributed by atoms with Gasteiger partial charge in [-0.3, -0.25) is 9.59 Å². The summed E-state index contributed by atoms with van der Waals surface area (Å²) >= 11 is 7.48. The highest BCUT2D eigenvalue weighted by Gasteiger charge is 2.09. The molecular formula is C15H15ClN2O2S. The summed E-state index contributed by atoms with van der Waals surface area (Å²) in [7, 11) is 0. The Bertz CT molecular complexity index is 614. The molecule has 0 aliphatic rings. The van der Waals surface area contributed by atoms with E-state index in [1.165, 1.54) is 0 Å². The molecule has 1 aromatic carbocycles. The molecule has 0 saturated carbocycles. The molecule has 110 valence electrons. The molecule has 0 radical (unpaired) electrons. The molecule has 0 bridgehead atoms. The molecule has 2 N–H and O–H groups in total. The van der Waals surface area contributed by atoms with Gasteiger partial charge in [-0.1, -0.05) is 29.8 Å². The summed E-state index contributed by atoms with van der Waals surface area (Å²) in [6.45, 7) is 0.751. The van der Waals surface area contributed by atoms with E-state index in [-0.39, 0.29) is 11.8 Å². The van der Waals surface area contributed by atoms with Crippen molar-refractivity contribution in [3.63, 3.8) is 0 Å². The first-order valence-corrected chi connectivity index (χ1v) is 7.74. The van der Waals surface area contributed by atoms with E-state index in [2.05, 4.69) is 10.6 Å². The highest BCUT2D eigenvalue weighted by Crippen LogP contribution is 2.14. The van der Waals surface area contributed by atoms with Crippen molar-refractivity contribution in [3.8, 4) is 0 Å². The Hall–Kier alpha value is -1.85. The van der Waals surface area contributed by atoms with Gasteiger partial charge in [0.05, 0.1) is 17.0 Å². The van der Waals surface area contributed by atoms with Crippen LogP contribution in [-0.4, -0.2) is 24.9 Å². The number of amides is 2. The third kappa shape index (κ3) is 4.88. The van der Waals surface area contributed by atoms with Crippen molar-refractivity contribution in [2.24, 2.45) is 0 Å². The molecule has 2 amide bonds. The molecular weight excluding hydrogens is 308 g/mol. The molecule has 21 heavy (non-hydrogen) atoms. The van der Waals surface area contributed by atoms with Crippen LogP contribution in [-0.2, 0) is 11.2 Å². The fraction of sp³-hybridized carbons (Fsp3) is 0.200. The molecule has 1 heterocycles. The number of hydrogen-bond acceptors (Lipinski definition) is 3. The zero-order valence-corrected chi connectivity index (χ0v) is 12.8. The monoisotopic (exact) mass is 322 g/mol. The van der Waals surface area contributed by atoms with Crippen molar-refractivity contribution >= 4 is 34.8 Å². The van der Waals surface area contributed by atoms with Crippen LogP contribution < -0.4 is 10.6 Å². The van der Waals surface area contributed by atoms with E-state index in [1.807, 2.05) is 17.5 Å². The lowest BCUT2D eigenvalue weighted by atomic mass is 10.2. The van der Waals surface area contributed by atoms with Crippen molar-refractivity contribution in [2.45, 2.75) is 6.42 Å². The Kier molecular flexibility index (Phi) is 5.78. The van der Waals surface area contributed by atoms with Crippen LogP contribution in [0.5, 0.6) is 0 Å². The van der Waals surface area contributed by atoms with Crippen LogP contribution in [0.2, 0.25) is 5.02 Å². The van der Waals surface area contributed by atoms with E-state index in [1.54, 1.807) is 35.6 Å². The fourth-order valence-electron chi connectivity index (χ4n) is 1.75. The zero-order chi connectivity index (χ0) is 15.1. The maximum absolute atomic E-state index is 11.9. The summed E-state index contributed by atoms with van der Waals surface area (Å²) in [5.41, 5.74) is 0.434. The summed E-state index contributed by atoms with van der Waals surface area (Å²) in [5.74, 6) is -0.294. The Morgan fingerprint density at radius 3 is 2.52 bits per heavy atom. The van der Waals surface area contributed by atoms with E-state index in [9.17, 15) is 9.59 Å². The molecule has 0 aliphatic carbocycles. The standard InChI is InChI=1S/C15H15ClN2O2S/c16-13-6-2-1-5-12(13)15(20)18-8-7-17-14(19)10-11-4-3-9-21-11/h1-6,9H,7-8,10H2,(H,17,19)(H,18,20). The number of benzene rings is 1. The lowest BCUT2D eigenvalue weighted by Crippen LogP contribution is -2.35. The van der Waals surface area contributed by atoms with Crippen molar-refractivity contribution in [1.29, 1.82) is 0 Å². The normalized spacial score (nSPS) is 10.1. The van der Waals surface area contributed by atoms with Crippen molar-refractivity contribution in [3.05, 3.63) is 57.2 Å². The van der Waals surface area contributed by atoms with Crippen molar-refractivity contribution in [2.75, 3.05) is 13.1 Å². The van der Waals surface area contributed by atoms with Gasteiger partial charge < -0.3 is 10.6 Å². The average molecular weight is 323 g/mol. The minimum Gasteiger partial charge on any atom is -0.354 e. The van der Waals surface area contributed by atoms with Crippen LogP contribution in [0.1, 0.15) is 15.2 Å². The average Bonchev–Trinajstić information content (AvgIpc) is 2.96. The third-order valence-electron chi connectivity index (χ3n) is 2.77. The highest BCUT2D eigenvalue weighted by atomic mass is 35.5. The number of carbonyl (C=O) groups excluding carboxylic acids is 2. The van der Waals surface area contributed by atoms with Crippen LogP contribution in [0.25, 0.3) is 0 Å². The fourth-order valence-corrected chi connectivity index (χ4v) is 2.68. The maximum atomic E-state index is 11.9. The molecule has 0 saturated heterocycles. The second-order valence-corrected chi connectivity index (χ2v) is 5.78. The summed E-state index contributed by atoms with van der Waals surface area (Å²) < 4.78 is 0. The van der Waals surface area contributed by atoms with Gasteiger partial charge in [0, 0.05) is 18.0 Å². The molecule has 0 spiro atoms. The first kappa shape index (κ1) is 15.5. The minimum atomic E-state index is -0.242. The van der Waals surface area contributed by atoms with Gasteiger partial charge in [-0.25, -0.2) is 0 Å². The topological polar surface area (TPSA) is 58.2 Å². The van der Waals surface area contributed by atoms with Gasteiger partial charge in [0.2, 0.25) is 5.91 Å². The number of thiophene rings is 1. The molecule has 0 fully saturated rings. The van der Waals surface area contributed by atoms with E-state index < -0.39 is 0 Å². The number of nitrogens with one attached hydrogen (secondary N) is 2. The molecule has 2 rings (SSSR count). The van der Waals surface area contributed by atoms with Gasteiger partial charge in [0.15, 0.2) is 0 Å². The van der Waals surface area contributed by atoms with Gasteiger partial charge in [0.25, 0.3) is 5.91 Å². The molecule has 2 aromatic rings. The van der Waals surface area contributed by atoms with Crippen LogP contribution in [0.3, 0.4) is 0 Å². The second-order valence-electron chi connectivity index (χ2n) is 4.34. The van der Waals surface area contributed by atoms with Gasteiger partial charge in [-0.05, 0) is 23.6 Å². The van der Waals surface area contributed by atoms with Crippen LogP contribution in [0.4, 0.5) is 0 Å². The Morgan fingerprint density at radius 1 is 1.05 bits per heavy atom. The largest absolute Gasteiger partial charge is 0.354 e. The van der Waals surface area contributed by atoms with Crippen molar-refractivity contribution in [1.82, 2.24) is 10.6 Å². The molecule has 0 unspecified atom stereocenters. The molecule has 1 aromatic heterocycles. The van der Waals surface area contributed by atoms with E-state index in [0.717, 1.165) is 4.88 Å². The summed E-state index contributed by atoms with van der Waals surface area (Å²) in [6, 6.07) is 10.7. The Labute approximate surface area is 132 Å². The first-order chi connectivity index (χ1) is 10.2. The highest BCUT2D eigenvalue weighted by molar-refractivity contribution is 7.10. The molecule has 6 heteroatoms. The maximum Gasteiger partial charge on any atom is 0.252 e. The van der Waals surface area contributed by atoms with Crippen molar-refractivity contribution < 1.29 is 9.59 Å². The molecule has 0 atom stereocenters. The molecule has 0 aliphatic heterocycles. The summed E-state index contributed by atoms with van der Waals surface area (Å²) in [5, 5.41) is 7.83. The Morgan fingerprint density at radius 2 is 1.81 bits per heavy atom. The number of halogens is 1. The lowest BCUT2D eigenvalue weighted by Gasteiger charge is -2.07. The summed E-state index contributed by atoms with van der Waals surface area (Å²) in [4.78, 5) is 24.5. The predicted octanol–water partition coefficient (Wildman–Crippen LogP) is 2.49. The third-order valence-corrected chi connectivity index (χ3v) is 3.97. The minimum absolute atomic E-state index is 0.0514. The van der Waals surface area contributed by atoms with E-state index in [4.69, 9.17) is 11.6 Å². The SMILES string of the molecule is O=C(Cc1cccs1)NCCNC(=O)c1ccccc1Cl. The van der Waals surface area contributed by atoms with Crippen LogP contribution in [0.15, 0.2) is 41.8 Å². The number of rotatable bonds is 6. The lowest BCUT2D eigenvalue weighted by molar-refractivity contribution is -0.120. The van der Waals surface area contributed by atoms with Gasteiger partial charge >= 0.3 is 0 Å². The van der Waals surface area contributed by atoms with Gasteiger partial charge in [-0.15, -0.1) is 11.3 Å². The molecule has 4 nitrogen and oxygen atoms in total. The smallest absolute Gasteiger partial charge is 0.252 e. The van der Waals surface area contributed by atoms with E-state index in [0.29, 0.717) is 30.1 Å². The van der Waals surface area contributed by atoms with Gasteiger partial charge in [-0.2, -0.15) is 0 Å². The van der Waals surface area contributed by atoms with Crippen LogP contribution >= 0.6 is 22.9 Å². The second kappa shape index (κ2) is 7.81. The number of hydrogen-bond donors (Lipinski definition) is 2. The zero-order valence-electron chi connectivity index (χ0n) is 11.3. The van der Waals surface area contributed by atoms with Gasteiger partial charge in [0.1, 0.15) is 0 Å². The summed E-state index contributed by atoms with van der Waals surface area (Å²) in [6.07, 6.45) is 0.371. The van der Waals surface area contributed by atoms with E-state index >= 15 is 0 Å². The predicted molar refractivity (Wildman–Crippen MR) is 84.8 cm³/mol. The first-order valence-electron chi connectivity index (χ1n) is 6.48. The number of carbonyl (C=O) groups is 2.